The van der Waals surface area contributed by atoms with Gasteiger partial charge >= 0.3 is 5.69 Å². The number of carbonyl (C=O) groups is 1. The molecule has 8 heteroatoms. The molecule has 0 spiro atoms. The van der Waals surface area contributed by atoms with E-state index in [1.54, 1.807) is 24.5 Å². The first-order valence-electron chi connectivity index (χ1n) is 10.4. The molecule has 0 aliphatic carbocycles. The minimum Gasteiger partial charge on any atom is -0.292 e. The molecule has 0 amide bonds. The third-order valence-corrected chi connectivity index (χ3v) is 6.35. The Labute approximate surface area is 188 Å². The first kappa shape index (κ1) is 20.3. The molecule has 5 aromatic rings. The monoisotopic (exact) mass is 443 g/mol. The van der Waals surface area contributed by atoms with Crippen molar-refractivity contribution < 1.29 is 4.79 Å². The smallest absolute Gasteiger partial charge is 0.292 e. The first-order chi connectivity index (χ1) is 15.5. The van der Waals surface area contributed by atoms with Crippen LogP contribution in [0.4, 0.5) is 0 Å². The Balaban J connectivity index is 1.74. The fourth-order valence-electron chi connectivity index (χ4n) is 3.84. The van der Waals surface area contributed by atoms with E-state index in [4.69, 9.17) is 4.98 Å². The van der Waals surface area contributed by atoms with Gasteiger partial charge in [-0.25, -0.2) is 9.78 Å². The van der Waals surface area contributed by atoms with Crippen molar-refractivity contribution in [2.75, 3.05) is 0 Å². The molecule has 0 saturated heterocycles. The minimum atomic E-state index is -0.373. The normalized spacial score (nSPS) is 11.6. The predicted octanol–water partition coefficient (Wildman–Crippen LogP) is 4.25. The average molecular weight is 444 g/mol. The van der Waals surface area contributed by atoms with Crippen LogP contribution in [-0.2, 0) is 13.0 Å². The Hall–Kier alpha value is -3.65. The fourth-order valence-corrected chi connectivity index (χ4v) is 4.92. The summed E-state index contributed by atoms with van der Waals surface area (Å²) in [7, 11) is 0. The van der Waals surface area contributed by atoms with E-state index in [9.17, 15) is 9.59 Å². The van der Waals surface area contributed by atoms with Crippen molar-refractivity contribution in [2.45, 2.75) is 26.8 Å². The summed E-state index contributed by atoms with van der Waals surface area (Å²) >= 11 is 1.47. The lowest BCUT2D eigenvalue weighted by atomic mass is 10.0. The maximum atomic E-state index is 13.5. The number of benzene rings is 1. The third kappa shape index (κ3) is 3.52. The molecule has 0 unspecified atom stereocenters. The Morgan fingerprint density at radius 2 is 1.84 bits per heavy atom. The van der Waals surface area contributed by atoms with Crippen molar-refractivity contribution in [2.24, 2.45) is 5.92 Å². The van der Waals surface area contributed by atoms with Gasteiger partial charge in [-0.15, -0.1) is 16.4 Å². The van der Waals surface area contributed by atoms with Crippen LogP contribution < -0.4 is 5.69 Å². The van der Waals surface area contributed by atoms with Crippen LogP contribution in [0.25, 0.3) is 27.3 Å². The van der Waals surface area contributed by atoms with Crippen LogP contribution in [0.2, 0.25) is 0 Å². The number of aromatic nitrogens is 5. The molecular weight excluding hydrogens is 422 g/mol. The minimum absolute atomic E-state index is 0.0542. The molecule has 0 N–H and O–H groups in total. The summed E-state index contributed by atoms with van der Waals surface area (Å²) in [6.07, 6.45) is 4.18. The van der Waals surface area contributed by atoms with Crippen molar-refractivity contribution >= 4 is 33.0 Å². The molecule has 160 valence electrons. The zero-order valence-corrected chi connectivity index (χ0v) is 18.5. The quantitative estimate of drug-likeness (QED) is 0.367. The van der Waals surface area contributed by atoms with Gasteiger partial charge < -0.3 is 0 Å². The van der Waals surface area contributed by atoms with Crippen molar-refractivity contribution in [3.8, 4) is 11.4 Å². The number of Topliss-reactive ketones (excluding diaryl/α,β-unsaturated/α-hetero) is 1. The Kier molecular flexibility index (Phi) is 5.14. The van der Waals surface area contributed by atoms with E-state index in [0.717, 1.165) is 27.8 Å². The van der Waals surface area contributed by atoms with Gasteiger partial charge in [0.05, 0.1) is 11.9 Å². The van der Waals surface area contributed by atoms with Crippen molar-refractivity contribution in [3.05, 3.63) is 81.8 Å². The number of hydrogen-bond donors (Lipinski definition) is 0. The van der Waals surface area contributed by atoms with Gasteiger partial charge in [0, 0.05) is 23.5 Å². The first-order valence-corrected chi connectivity index (χ1v) is 11.3. The highest BCUT2D eigenvalue weighted by atomic mass is 32.1. The standard InChI is InChI=1S/C24H21N5O2S/c1-15(2)12-18-14-32-23-20(18)22-26-21(17-8-10-25-11-9-17)27-29(22)24(31)28(23)13-19(30)16-6-4-3-5-7-16/h3-11,14-15H,12-13H2,1-2H3. The van der Waals surface area contributed by atoms with Crippen LogP contribution in [-0.4, -0.2) is 29.9 Å². The summed E-state index contributed by atoms with van der Waals surface area (Å²) in [5.41, 5.74) is 2.62. The molecule has 0 saturated carbocycles. The van der Waals surface area contributed by atoms with Crippen molar-refractivity contribution in [3.63, 3.8) is 0 Å². The average Bonchev–Trinajstić information content (AvgIpc) is 3.42. The number of carbonyl (C=O) groups excluding carboxylic acids is 1. The van der Waals surface area contributed by atoms with Gasteiger partial charge in [-0.1, -0.05) is 44.2 Å². The molecule has 4 aromatic heterocycles. The van der Waals surface area contributed by atoms with Crippen LogP contribution in [0.3, 0.4) is 0 Å². The summed E-state index contributed by atoms with van der Waals surface area (Å²) in [6.45, 7) is 4.26. The lowest BCUT2D eigenvalue weighted by Gasteiger charge is -2.09. The second-order valence-corrected chi connectivity index (χ2v) is 8.96. The van der Waals surface area contributed by atoms with E-state index in [1.807, 2.05) is 30.3 Å². The van der Waals surface area contributed by atoms with Gasteiger partial charge in [-0.05, 0) is 35.4 Å². The molecule has 1 aromatic carbocycles. The van der Waals surface area contributed by atoms with Crippen LogP contribution in [0, 0.1) is 5.92 Å². The summed E-state index contributed by atoms with van der Waals surface area (Å²) in [5, 5.41) is 7.46. The Morgan fingerprint density at radius 3 is 2.56 bits per heavy atom. The second kappa shape index (κ2) is 8.12. The largest absolute Gasteiger partial charge is 0.352 e. The van der Waals surface area contributed by atoms with Gasteiger partial charge in [-0.3, -0.25) is 14.3 Å². The highest BCUT2D eigenvalue weighted by Crippen LogP contribution is 2.31. The fraction of sp³-hybridized carbons (Fsp3) is 0.208. The van der Waals surface area contributed by atoms with E-state index in [-0.39, 0.29) is 18.0 Å². The number of thiophene rings is 1. The molecular formula is C24H21N5O2S. The van der Waals surface area contributed by atoms with Crippen LogP contribution in [0.5, 0.6) is 0 Å². The molecule has 5 rings (SSSR count). The number of fused-ring (bicyclic) bond motifs is 3. The van der Waals surface area contributed by atoms with Crippen molar-refractivity contribution in [1.82, 2.24) is 24.1 Å². The molecule has 0 atom stereocenters. The van der Waals surface area contributed by atoms with E-state index < -0.39 is 0 Å². The summed E-state index contributed by atoms with van der Waals surface area (Å²) < 4.78 is 2.85. The van der Waals surface area contributed by atoms with Crippen LogP contribution in [0.15, 0.2) is 65.0 Å². The number of nitrogens with zero attached hydrogens (tertiary/aromatic N) is 5. The van der Waals surface area contributed by atoms with E-state index >= 15 is 0 Å². The van der Waals surface area contributed by atoms with E-state index in [1.165, 1.54) is 20.4 Å². The molecule has 32 heavy (non-hydrogen) atoms. The maximum Gasteiger partial charge on any atom is 0.352 e. The molecule has 7 nitrogen and oxygen atoms in total. The van der Waals surface area contributed by atoms with Gasteiger partial charge in [-0.2, -0.15) is 4.52 Å². The van der Waals surface area contributed by atoms with Crippen LogP contribution >= 0.6 is 11.3 Å². The summed E-state index contributed by atoms with van der Waals surface area (Å²) in [4.78, 5) is 35.9. The third-order valence-electron chi connectivity index (χ3n) is 5.30. The molecule has 0 aliphatic rings. The Bertz CT molecular complexity index is 1480. The number of pyridine rings is 1. The number of ketones is 1. The summed E-state index contributed by atoms with van der Waals surface area (Å²) in [6, 6.07) is 12.6. The Morgan fingerprint density at radius 1 is 1.09 bits per heavy atom. The molecule has 0 radical (unpaired) electrons. The molecule has 0 aliphatic heterocycles. The van der Waals surface area contributed by atoms with Gasteiger partial charge in [0.25, 0.3) is 0 Å². The molecule has 0 bridgehead atoms. The zero-order chi connectivity index (χ0) is 22.2. The maximum absolute atomic E-state index is 13.5. The van der Waals surface area contributed by atoms with E-state index in [0.29, 0.717) is 23.0 Å². The zero-order valence-electron chi connectivity index (χ0n) is 17.7. The predicted molar refractivity (Wildman–Crippen MR) is 125 cm³/mol. The molecule has 0 fully saturated rings. The SMILES string of the molecule is CC(C)Cc1csc2c1c1nc(-c3ccncc3)nn1c(=O)n2CC(=O)c1ccccc1. The lowest BCUT2D eigenvalue weighted by Crippen LogP contribution is -2.30. The molecule has 4 heterocycles. The van der Waals surface area contributed by atoms with E-state index in [2.05, 4.69) is 29.3 Å². The van der Waals surface area contributed by atoms with Gasteiger partial charge in [0.1, 0.15) is 4.83 Å². The summed E-state index contributed by atoms with van der Waals surface area (Å²) in [5.74, 6) is 0.767. The van der Waals surface area contributed by atoms with Crippen molar-refractivity contribution in [1.29, 1.82) is 0 Å². The number of rotatable bonds is 6. The lowest BCUT2D eigenvalue weighted by molar-refractivity contribution is 0.0972. The highest BCUT2D eigenvalue weighted by Gasteiger charge is 2.22. The van der Waals surface area contributed by atoms with Gasteiger partial charge in [0.2, 0.25) is 0 Å². The number of hydrogen-bond acceptors (Lipinski definition) is 6. The second-order valence-electron chi connectivity index (χ2n) is 8.10. The topological polar surface area (TPSA) is 82.2 Å². The highest BCUT2D eigenvalue weighted by molar-refractivity contribution is 7.17. The van der Waals surface area contributed by atoms with Crippen LogP contribution in [0.1, 0.15) is 29.8 Å². The van der Waals surface area contributed by atoms with Gasteiger partial charge in [0.15, 0.2) is 17.3 Å².